The molecule has 1 saturated carbocycles. The van der Waals surface area contributed by atoms with Crippen molar-refractivity contribution in [2.24, 2.45) is 0 Å². The molecule has 0 spiro atoms. The molecule has 2 atom stereocenters. The van der Waals surface area contributed by atoms with E-state index in [4.69, 9.17) is 9.47 Å². The van der Waals surface area contributed by atoms with Crippen LogP contribution in [0.1, 0.15) is 63.0 Å². The smallest absolute Gasteiger partial charge is 0.254 e. The number of ether oxygens (including phenoxy) is 2. The summed E-state index contributed by atoms with van der Waals surface area (Å²) in [6.45, 7) is 0.719. The molecule has 23 heavy (non-hydrogen) atoms. The van der Waals surface area contributed by atoms with Crippen LogP contribution in [0.2, 0.25) is 0 Å². The molecule has 0 radical (unpaired) electrons. The van der Waals surface area contributed by atoms with E-state index in [1.165, 1.54) is 19.3 Å². The molecule has 1 amide bonds. The van der Waals surface area contributed by atoms with Gasteiger partial charge >= 0.3 is 0 Å². The van der Waals surface area contributed by atoms with Gasteiger partial charge in [0, 0.05) is 12.6 Å². The summed E-state index contributed by atoms with van der Waals surface area (Å²) in [5, 5.41) is 3.19. The van der Waals surface area contributed by atoms with Crippen LogP contribution in [-0.2, 0) is 14.3 Å². The molecule has 126 valence electrons. The lowest BCUT2D eigenvalue weighted by atomic mass is 9.95. The van der Waals surface area contributed by atoms with Crippen LogP contribution in [-0.4, -0.2) is 24.8 Å². The Morgan fingerprint density at radius 2 is 1.78 bits per heavy atom. The van der Waals surface area contributed by atoms with Crippen LogP contribution >= 0.6 is 0 Å². The van der Waals surface area contributed by atoms with Gasteiger partial charge in [-0.1, -0.05) is 49.6 Å². The van der Waals surface area contributed by atoms with E-state index in [0.29, 0.717) is 6.04 Å². The van der Waals surface area contributed by atoms with Crippen LogP contribution in [0.15, 0.2) is 30.3 Å². The van der Waals surface area contributed by atoms with Crippen LogP contribution in [0, 0.1) is 0 Å². The number of amides is 1. The lowest BCUT2D eigenvalue weighted by Crippen LogP contribution is -2.41. The molecule has 2 fully saturated rings. The van der Waals surface area contributed by atoms with E-state index in [2.05, 4.69) is 5.32 Å². The van der Waals surface area contributed by atoms with Gasteiger partial charge in [-0.25, -0.2) is 0 Å². The third-order valence-corrected chi connectivity index (χ3v) is 4.72. The molecule has 1 N–H and O–H groups in total. The van der Waals surface area contributed by atoms with Gasteiger partial charge in [-0.05, 0) is 37.7 Å². The normalized spacial score (nSPS) is 24.1. The summed E-state index contributed by atoms with van der Waals surface area (Å²) in [5.41, 5.74) is 0.898. The fourth-order valence-corrected chi connectivity index (χ4v) is 3.41. The Morgan fingerprint density at radius 3 is 2.48 bits per heavy atom. The minimum absolute atomic E-state index is 0.0303. The van der Waals surface area contributed by atoms with E-state index in [9.17, 15) is 4.79 Å². The SMILES string of the molecule is O=C(NC1CCCCC1)C(OC1CCCCO1)c1ccccc1. The predicted octanol–water partition coefficient (Wildman–Crippen LogP) is 3.72. The number of hydrogen-bond donors (Lipinski definition) is 1. The second kappa shape index (κ2) is 8.46. The number of hydrogen-bond acceptors (Lipinski definition) is 3. The molecule has 3 rings (SSSR count). The molecule has 4 heteroatoms. The van der Waals surface area contributed by atoms with E-state index in [1.807, 2.05) is 30.3 Å². The average molecular weight is 317 g/mol. The summed E-state index contributed by atoms with van der Waals surface area (Å²) in [7, 11) is 0. The lowest BCUT2D eigenvalue weighted by molar-refractivity contribution is -0.194. The first-order valence-electron chi connectivity index (χ1n) is 8.95. The van der Waals surface area contributed by atoms with Gasteiger partial charge in [0.1, 0.15) is 0 Å². The molecule has 2 aliphatic rings. The van der Waals surface area contributed by atoms with Crippen molar-refractivity contribution in [3.63, 3.8) is 0 Å². The van der Waals surface area contributed by atoms with E-state index in [1.54, 1.807) is 0 Å². The van der Waals surface area contributed by atoms with Crippen LogP contribution in [0.25, 0.3) is 0 Å². The highest BCUT2D eigenvalue weighted by Crippen LogP contribution is 2.25. The highest BCUT2D eigenvalue weighted by atomic mass is 16.7. The Balaban J connectivity index is 1.67. The van der Waals surface area contributed by atoms with Crippen LogP contribution in [0.5, 0.6) is 0 Å². The molecule has 0 bridgehead atoms. The standard InChI is InChI=1S/C19H27NO3/c21-19(20-16-11-5-2-6-12-16)18(15-9-3-1-4-10-15)23-17-13-7-8-14-22-17/h1,3-4,9-10,16-18H,2,5-8,11-14H2,(H,20,21). The quantitative estimate of drug-likeness (QED) is 0.900. The van der Waals surface area contributed by atoms with Gasteiger partial charge in [0.25, 0.3) is 5.91 Å². The van der Waals surface area contributed by atoms with Crippen molar-refractivity contribution < 1.29 is 14.3 Å². The Bertz CT molecular complexity index is 479. The van der Waals surface area contributed by atoms with Crippen LogP contribution in [0.4, 0.5) is 0 Å². The van der Waals surface area contributed by atoms with Crippen molar-refractivity contribution in [1.29, 1.82) is 0 Å². The molecular weight excluding hydrogens is 290 g/mol. The Hall–Kier alpha value is -1.39. The molecule has 1 aromatic carbocycles. The Kier molecular flexibility index (Phi) is 6.06. The minimum atomic E-state index is -0.582. The third kappa shape index (κ3) is 4.79. The summed E-state index contributed by atoms with van der Waals surface area (Å²) >= 11 is 0. The number of benzene rings is 1. The predicted molar refractivity (Wildman–Crippen MR) is 88.9 cm³/mol. The third-order valence-electron chi connectivity index (χ3n) is 4.72. The maximum atomic E-state index is 12.8. The zero-order valence-corrected chi connectivity index (χ0v) is 13.7. The molecule has 1 aliphatic heterocycles. The molecular formula is C19H27NO3. The summed E-state index contributed by atoms with van der Waals surface area (Å²) < 4.78 is 11.7. The van der Waals surface area contributed by atoms with Crippen molar-refractivity contribution >= 4 is 5.91 Å². The average Bonchev–Trinajstić information content (AvgIpc) is 2.62. The van der Waals surface area contributed by atoms with Crippen molar-refractivity contribution in [1.82, 2.24) is 5.32 Å². The van der Waals surface area contributed by atoms with Gasteiger partial charge in [0.15, 0.2) is 12.4 Å². The second-order valence-corrected chi connectivity index (χ2v) is 6.57. The Morgan fingerprint density at radius 1 is 1.04 bits per heavy atom. The van der Waals surface area contributed by atoms with E-state index >= 15 is 0 Å². The first-order valence-corrected chi connectivity index (χ1v) is 8.95. The molecule has 1 heterocycles. The molecule has 2 unspecified atom stereocenters. The van der Waals surface area contributed by atoms with Gasteiger partial charge in [0.05, 0.1) is 0 Å². The summed E-state index contributed by atoms with van der Waals surface area (Å²) in [6, 6.07) is 10.0. The fraction of sp³-hybridized carbons (Fsp3) is 0.632. The molecule has 1 aromatic rings. The van der Waals surface area contributed by atoms with Gasteiger partial charge in [0.2, 0.25) is 0 Å². The van der Waals surface area contributed by atoms with Gasteiger partial charge in [-0.15, -0.1) is 0 Å². The van der Waals surface area contributed by atoms with Gasteiger partial charge in [-0.3, -0.25) is 4.79 Å². The Labute approximate surface area is 138 Å². The second-order valence-electron chi connectivity index (χ2n) is 6.57. The van der Waals surface area contributed by atoms with Gasteiger partial charge in [-0.2, -0.15) is 0 Å². The van der Waals surface area contributed by atoms with Crippen LogP contribution in [0.3, 0.4) is 0 Å². The maximum absolute atomic E-state index is 12.8. The molecule has 0 aromatic heterocycles. The zero-order chi connectivity index (χ0) is 15.9. The summed E-state index contributed by atoms with van der Waals surface area (Å²) in [4.78, 5) is 12.8. The van der Waals surface area contributed by atoms with Crippen molar-refractivity contribution in [3.8, 4) is 0 Å². The van der Waals surface area contributed by atoms with E-state index in [-0.39, 0.29) is 12.2 Å². The number of carbonyl (C=O) groups excluding carboxylic acids is 1. The number of nitrogens with one attached hydrogen (secondary N) is 1. The minimum Gasteiger partial charge on any atom is -0.353 e. The van der Waals surface area contributed by atoms with E-state index < -0.39 is 6.10 Å². The largest absolute Gasteiger partial charge is 0.353 e. The topological polar surface area (TPSA) is 47.6 Å². The van der Waals surface area contributed by atoms with Crippen molar-refractivity contribution in [3.05, 3.63) is 35.9 Å². The fourth-order valence-electron chi connectivity index (χ4n) is 3.41. The first kappa shape index (κ1) is 16.5. The number of carbonyl (C=O) groups is 1. The monoisotopic (exact) mass is 317 g/mol. The molecule has 1 aliphatic carbocycles. The lowest BCUT2D eigenvalue weighted by Gasteiger charge is -2.29. The van der Waals surface area contributed by atoms with E-state index in [0.717, 1.165) is 44.3 Å². The highest BCUT2D eigenvalue weighted by molar-refractivity contribution is 5.82. The van der Waals surface area contributed by atoms with Crippen LogP contribution < -0.4 is 5.32 Å². The summed E-state index contributed by atoms with van der Waals surface area (Å²) in [5.74, 6) is -0.0303. The first-order chi connectivity index (χ1) is 11.3. The number of rotatable bonds is 5. The zero-order valence-electron chi connectivity index (χ0n) is 13.7. The van der Waals surface area contributed by atoms with Gasteiger partial charge < -0.3 is 14.8 Å². The molecule has 4 nitrogen and oxygen atoms in total. The van der Waals surface area contributed by atoms with Crippen molar-refractivity contribution in [2.45, 2.75) is 69.8 Å². The highest BCUT2D eigenvalue weighted by Gasteiger charge is 2.28. The maximum Gasteiger partial charge on any atom is 0.254 e. The molecule has 1 saturated heterocycles. The van der Waals surface area contributed by atoms with Crippen molar-refractivity contribution in [2.75, 3.05) is 6.61 Å². The summed E-state index contributed by atoms with van der Waals surface area (Å²) in [6.07, 6.45) is 8.01.